The van der Waals surface area contributed by atoms with Gasteiger partial charge < -0.3 is 15.5 Å². The van der Waals surface area contributed by atoms with Gasteiger partial charge in [-0.1, -0.05) is 6.07 Å². The molecule has 2 N–H and O–H groups in total. The van der Waals surface area contributed by atoms with Crippen LogP contribution in [-0.2, 0) is 6.54 Å². The second-order valence-corrected chi connectivity index (χ2v) is 5.86. The highest BCUT2D eigenvalue weighted by Gasteiger charge is 2.09. The van der Waals surface area contributed by atoms with E-state index < -0.39 is 0 Å². The van der Waals surface area contributed by atoms with Crippen molar-refractivity contribution in [1.29, 1.82) is 0 Å². The number of amides is 1. The molecule has 3 rings (SSSR count). The maximum absolute atomic E-state index is 12.3. The van der Waals surface area contributed by atoms with Gasteiger partial charge in [0, 0.05) is 37.7 Å². The lowest BCUT2D eigenvalue weighted by molar-refractivity contribution is 0.0945. The fraction of sp³-hybridized carbons (Fsp3) is 0.158. The van der Waals surface area contributed by atoms with Crippen LogP contribution in [0.1, 0.15) is 16.2 Å². The first-order chi connectivity index (χ1) is 12.6. The van der Waals surface area contributed by atoms with Crippen LogP contribution in [0, 0.1) is 0 Å². The van der Waals surface area contributed by atoms with Crippen molar-refractivity contribution in [3.05, 3.63) is 72.4 Å². The molecule has 7 heteroatoms. The summed E-state index contributed by atoms with van der Waals surface area (Å²) in [4.78, 5) is 26.7. The third-order valence-electron chi connectivity index (χ3n) is 3.71. The van der Waals surface area contributed by atoms with Gasteiger partial charge in [0.05, 0.1) is 12.2 Å². The number of pyridine rings is 1. The maximum atomic E-state index is 12.3. The molecule has 0 radical (unpaired) electrons. The van der Waals surface area contributed by atoms with Crippen molar-refractivity contribution < 1.29 is 4.79 Å². The van der Waals surface area contributed by atoms with Crippen LogP contribution in [-0.4, -0.2) is 35.0 Å². The van der Waals surface area contributed by atoms with Gasteiger partial charge in [-0.15, -0.1) is 0 Å². The lowest BCUT2D eigenvalue weighted by Crippen LogP contribution is -2.24. The van der Waals surface area contributed by atoms with Crippen molar-refractivity contribution in [2.75, 3.05) is 24.3 Å². The molecule has 0 saturated carbocycles. The first-order valence-corrected chi connectivity index (χ1v) is 8.16. The number of anilines is 3. The Morgan fingerprint density at radius 3 is 2.54 bits per heavy atom. The quantitative estimate of drug-likeness (QED) is 0.712. The molecular weight excluding hydrogens is 328 g/mol. The lowest BCUT2D eigenvalue weighted by atomic mass is 10.2. The number of carbonyl (C=O) groups is 1. The topological polar surface area (TPSA) is 83.0 Å². The molecule has 0 bridgehead atoms. The number of aromatic nitrogens is 3. The van der Waals surface area contributed by atoms with Crippen LogP contribution >= 0.6 is 0 Å². The minimum Gasteiger partial charge on any atom is -0.378 e. The zero-order valence-electron chi connectivity index (χ0n) is 14.7. The molecule has 26 heavy (non-hydrogen) atoms. The summed E-state index contributed by atoms with van der Waals surface area (Å²) in [6.45, 7) is 0.346. The fourth-order valence-electron chi connectivity index (χ4n) is 2.30. The number of rotatable bonds is 6. The smallest absolute Gasteiger partial charge is 0.270 e. The lowest BCUT2D eigenvalue weighted by Gasteiger charge is -2.13. The Balaban J connectivity index is 1.64. The summed E-state index contributed by atoms with van der Waals surface area (Å²) >= 11 is 0. The highest BCUT2D eigenvalue weighted by Crippen LogP contribution is 2.19. The van der Waals surface area contributed by atoms with E-state index in [0.29, 0.717) is 18.1 Å². The standard InChI is InChI=1S/C19H20N6O/c1-25(2)16-8-6-14(7-9-16)24-18-11-17(22-13-23-18)19(26)21-12-15-5-3-4-10-20-15/h3-11,13H,12H2,1-2H3,(H,21,26)(H,22,23,24). The molecule has 0 aliphatic carbocycles. The Bertz CT molecular complexity index is 865. The van der Waals surface area contributed by atoms with Gasteiger partial charge in [0.15, 0.2) is 0 Å². The summed E-state index contributed by atoms with van der Waals surface area (Å²) in [5.41, 5.74) is 3.07. The van der Waals surface area contributed by atoms with Gasteiger partial charge in [-0.3, -0.25) is 9.78 Å². The second-order valence-electron chi connectivity index (χ2n) is 5.86. The molecule has 2 aromatic heterocycles. The van der Waals surface area contributed by atoms with Gasteiger partial charge in [-0.2, -0.15) is 0 Å². The second kappa shape index (κ2) is 8.06. The van der Waals surface area contributed by atoms with Crippen molar-refractivity contribution in [2.24, 2.45) is 0 Å². The average molecular weight is 348 g/mol. The molecule has 0 saturated heterocycles. The minimum atomic E-state index is -0.274. The molecular formula is C19H20N6O. The summed E-state index contributed by atoms with van der Waals surface area (Å²) in [7, 11) is 3.98. The minimum absolute atomic E-state index is 0.274. The van der Waals surface area contributed by atoms with Crippen molar-refractivity contribution >= 4 is 23.1 Å². The SMILES string of the molecule is CN(C)c1ccc(Nc2cc(C(=O)NCc3ccccn3)ncn2)cc1. The van der Waals surface area contributed by atoms with Crippen LogP contribution in [0.4, 0.5) is 17.2 Å². The number of nitrogens with one attached hydrogen (secondary N) is 2. The summed E-state index contributed by atoms with van der Waals surface area (Å²) in [6.07, 6.45) is 3.06. The predicted molar refractivity (Wildman–Crippen MR) is 101 cm³/mol. The number of hydrogen-bond acceptors (Lipinski definition) is 6. The highest BCUT2D eigenvalue weighted by atomic mass is 16.1. The van der Waals surface area contributed by atoms with Crippen molar-refractivity contribution in [1.82, 2.24) is 20.3 Å². The van der Waals surface area contributed by atoms with Crippen molar-refractivity contribution in [2.45, 2.75) is 6.54 Å². The molecule has 0 aliphatic heterocycles. The van der Waals surface area contributed by atoms with Gasteiger partial charge in [-0.05, 0) is 36.4 Å². The average Bonchev–Trinajstić information content (AvgIpc) is 2.67. The van der Waals surface area contributed by atoms with E-state index in [-0.39, 0.29) is 5.91 Å². The third-order valence-corrected chi connectivity index (χ3v) is 3.71. The molecule has 0 atom stereocenters. The monoisotopic (exact) mass is 348 g/mol. The van der Waals surface area contributed by atoms with Gasteiger partial charge in [0.2, 0.25) is 0 Å². The molecule has 1 aromatic carbocycles. The molecule has 0 aliphatic rings. The number of nitrogens with zero attached hydrogens (tertiary/aromatic N) is 4. The molecule has 0 spiro atoms. The number of hydrogen-bond donors (Lipinski definition) is 2. The maximum Gasteiger partial charge on any atom is 0.270 e. The van der Waals surface area contributed by atoms with Crippen LogP contribution < -0.4 is 15.5 Å². The number of benzene rings is 1. The van der Waals surface area contributed by atoms with E-state index in [2.05, 4.69) is 25.6 Å². The molecule has 3 aromatic rings. The Hall–Kier alpha value is -3.48. The van der Waals surface area contributed by atoms with E-state index in [0.717, 1.165) is 17.1 Å². The zero-order valence-corrected chi connectivity index (χ0v) is 14.7. The van der Waals surface area contributed by atoms with E-state index in [1.165, 1.54) is 6.33 Å². The fourth-order valence-corrected chi connectivity index (χ4v) is 2.30. The van der Waals surface area contributed by atoms with Crippen LogP contribution in [0.5, 0.6) is 0 Å². The van der Waals surface area contributed by atoms with E-state index in [1.807, 2.05) is 61.5 Å². The van der Waals surface area contributed by atoms with E-state index in [4.69, 9.17) is 0 Å². The normalized spacial score (nSPS) is 10.2. The van der Waals surface area contributed by atoms with Crippen LogP contribution in [0.2, 0.25) is 0 Å². The van der Waals surface area contributed by atoms with Gasteiger partial charge >= 0.3 is 0 Å². The predicted octanol–water partition coefficient (Wildman–Crippen LogP) is 2.61. The van der Waals surface area contributed by atoms with E-state index in [9.17, 15) is 4.79 Å². The molecule has 2 heterocycles. The van der Waals surface area contributed by atoms with Crippen molar-refractivity contribution in [3.8, 4) is 0 Å². The third kappa shape index (κ3) is 4.54. The Kier molecular flexibility index (Phi) is 5.38. The Morgan fingerprint density at radius 1 is 1.04 bits per heavy atom. The van der Waals surface area contributed by atoms with E-state index >= 15 is 0 Å². The number of carbonyl (C=O) groups excluding carboxylic acids is 1. The first-order valence-electron chi connectivity index (χ1n) is 8.16. The molecule has 1 amide bonds. The highest BCUT2D eigenvalue weighted by molar-refractivity contribution is 5.92. The van der Waals surface area contributed by atoms with Crippen molar-refractivity contribution in [3.63, 3.8) is 0 Å². The summed E-state index contributed by atoms with van der Waals surface area (Å²) in [6, 6.07) is 15.1. The molecule has 0 fully saturated rings. The van der Waals surface area contributed by atoms with E-state index in [1.54, 1.807) is 12.3 Å². The largest absolute Gasteiger partial charge is 0.378 e. The Morgan fingerprint density at radius 2 is 1.85 bits per heavy atom. The Labute approximate surface area is 152 Å². The zero-order chi connectivity index (χ0) is 18.4. The van der Waals surface area contributed by atoms with Gasteiger partial charge in [0.25, 0.3) is 5.91 Å². The molecule has 7 nitrogen and oxygen atoms in total. The molecule has 132 valence electrons. The molecule has 0 unspecified atom stereocenters. The van der Waals surface area contributed by atoms with Gasteiger partial charge in [0.1, 0.15) is 17.8 Å². The summed E-state index contributed by atoms with van der Waals surface area (Å²) in [5, 5.41) is 5.98. The summed E-state index contributed by atoms with van der Waals surface area (Å²) < 4.78 is 0. The van der Waals surface area contributed by atoms with Crippen LogP contribution in [0.3, 0.4) is 0 Å². The summed E-state index contributed by atoms with van der Waals surface area (Å²) in [5.74, 6) is 0.282. The first kappa shape index (κ1) is 17.3. The van der Waals surface area contributed by atoms with Gasteiger partial charge in [-0.25, -0.2) is 9.97 Å². The van der Waals surface area contributed by atoms with Crippen LogP contribution in [0.25, 0.3) is 0 Å². The van der Waals surface area contributed by atoms with Crippen LogP contribution in [0.15, 0.2) is 61.1 Å².